The number of ketones is 2. The van der Waals surface area contributed by atoms with Crippen LogP contribution < -0.4 is 15.2 Å². The van der Waals surface area contributed by atoms with Crippen molar-refractivity contribution in [2.24, 2.45) is 16.6 Å². The van der Waals surface area contributed by atoms with Crippen LogP contribution in [-0.2, 0) is 29.3 Å². The maximum atomic E-state index is 14.3. The van der Waals surface area contributed by atoms with Gasteiger partial charge in [0, 0.05) is 30.4 Å². The lowest BCUT2D eigenvalue weighted by Crippen LogP contribution is -2.38. The molecule has 0 saturated heterocycles. The molecule has 276 valence electrons. The van der Waals surface area contributed by atoms with Crippen molar-refractivity contribution >= 4 is 23.2 Å². The van der Waals surface area contributed by atoms with Crippen LogP contribution in [0, 0.1) is 24.5 Å². The van der Waals surface area contributed by atoms with E-state index in [9.17, 15) is 23.2 Å². The molecule has 53 heavy (non-hydrogen) atoms. The van der Waals surface area contributed by atoms with Crippen molar-refractivity contribution in [3.05, 3.63) is 130 Å². The summed E-state index contributed by atoms with van der Waals surface area (Å²) >= 11 is 0. The number of carbonyl (C=O) groups excluding carboxylic acids is 3. The van der Waals surface area contributed by atoms with Gasteiger partial charge < -0.3 is 20.1 Å². The first-order valence-electron chi connectivity index (χ1n) is 17.5. The van der Waals surface area contributed by atoms with Gasteiger partial charge >= 0.3 is 6.01 Å². The van der Waals surface area contributed by atoms with Crippen LogP contribution in [0.2, 0.25) is 0 Å². The maximum absolute atomic E-state index is 14.3. The summed E-state index contributed by atoms with van der Waals surface area (Å²) in [5.41, 5.74) is 8.46. The fourth-order valence-electron chi connectivity index (χ4n) is 6.31. The molecule has 1 aliphatic carbocycles. The normalized spacial score (nSPS) is 16.2. The van der Waals surface area contributed by atoms with Crippen molar-refractivity contribution in [3.63, 3.8) is 0 Å². The van der Waals surface area contributed by atoms with E-state index in [2.05, 4.69) is 9.97 Å². The Labute approximate surface area is 307 Å². The molecule has 10 nitrogen and oxygen atoms in total. The Hall–Kier alpha value is -5.78. The molecule has 0 atom stereocenters. The van der Waals surface area contributed by atoms with E-state index in [1.54, 1.807) is 20.8 Å². The third-order valence-electron chi connectivity index (χ3n) is 9.10. The summed E-state index contributed by atoms with van der Waals surface area (Å²) in [4.78, 5) is 55.2. The highest BCUT2D eigenvalue weighted by atomic mass is 19.1. The molecule has 5 rings (SSSR count). The van der Waals surface area contributed by atoms with Crippen molar-refractivity contribution in [1.29, 1.82) is 0 Å². The second kappa shape index (κ2) is 18.1. The van der Waals surface area contributed by atoms with Gasteiger partial charge in [0.1, 0.15) is 36.2 Å². The number of ether oxygens (including phenoxy) is 2. The highest BCUT2D eigenvalue weighted by molar-refractivity contribution is 6.21. The van der Waals surface area contributed by atoms with Gasteiger partial charge in [0.2, 0.25) is 5.88 Å². The van der Waals surface area contributed by atoms with Gasteiger partial charge in [-0.2, -0.15) is 9.97 Å². The largest absolute Gasteiger partial charge is 0.472 e. The monoisotopic (exact) mass is 723 g/mol. The average molecular weight is 724 g/mol. The number of rotatable bonds is 15. The van der Waals surface area contributed by atoms with E-state index >= 15 is 0 Å². The van der Waals surface area contributed by atoms with Gasteiger partial charge in [0.05, 0.1) is 23.9 Å². The van der Waals surface area contributed by atoms with E-state index in [4.69, 9.17) is 20.2 Å². The molecule has 0 bridgehead atoms. The second-order valence-corrected chi connectivity index (χ2v) is 13.1. The number of Topliss-reactive ketones (excluding diaryl/α,β-unsaturated/α-hetero) is 2. The van der Waals surface area contributed by atoms with E-state index < -0.39 is 29.9 Å². The van der Waals surface area contributed by atoms with Gasteiger partial charge in [-0.05, 0) is 75.3 Å². The molecule has 1 amide bonds. The minimum Gasteiger partial charge on any atom is -0.472 e. The highest BCUT2D eigenvalue weighted by Gasteiger charge is 2.29. The van der Waals surface area contributed by atoms with E-state index in [0.29, 0.717) is 31.4 Å². The summed E-state index contributed by atoms with van der Waals surface area (Å²) in [6.45, 7) is 4.23. The molecule has 0 unspecified atom stereocenters. The Morgan fingerprint density at radius 1 is 0.849 bits per heavy atom. The first kappa shape index (κ1) is 38.5. The Bertz CT molecular complexity index is 1960. The number of aromatic nitrogens is 2. The van der Waals surface area contributed by atoms with E-state index in [1.165, 1.54) is 0 Å². The number of aliphatic imine (C=N–C) groups is 1. The zero-order chi connectivity index (χ0) is 37.9. The van der Waals surface area contributed by atoms with Crippen LogP contribution in [0.15, 0.2) is 95.6 Å². The Morgan fingerprint density at radius 2 is 1.43 bits per heavy atom. The minimum atomic E-state index is -0.834. The van der Waals surface area contributed by atoms with Gasteiger partial charge in [-0.1, -0.05) is 60.7 Å². The molecule has 3 aromatic carbocycles. The highest BCUT2D eigenvalue weighted by Crippen LogP contribution is 2.28. The van der Waals surface area contributed by atoms with Gasteiger partial charge in [0.15, 0.2) is 5.78 Å². The number of hydrogen-bond acceptors (Lipinski definition) is 9. The van der Waals surface area contributed by atoms with E-state index in [1.807, 2.05) is 60.7 Å². The van der Waals surface area contributed by atoms with Crippen LogP contribution in [0.1, 0.15) is 72.3 Å². The molecule has 1 aliphatic rings. The molecule has 0 aliphatic heterocycles. The van der Waals surface area contributed by atoms with Crippen molar-refractivity contribution in [2.75, 3.05) is 6.54 Å². The molecule has 0 spiro atoms. The van der Waals surface area contributed by atoms with Crippen LogP contribution in [0.3, 0.4) is 0 Å². The number of nitrogens with zero attached hydrogens (tertiary/aromatic N) is 4. The number of carbonyl (C=O) groups is 3. The smallest absolute Gasteiger partial charge is 0.320 e. The summed E-state index contributed by atoms with van der Waals surface area (Å²) in [5.74, 6) is -2.82. The number of amides is 1. The minimum absolute atomic E-state index is 0.000401. The second-order valence-electron chi connectivity index (χ2n) is 13.1. The number of benzene rings is 3. The quantitative estimate of drug-likeness (QED) is 0.0796. The van der Waals surface area contributed by atoms with Crippen LogP contribution in [0.25, 0.3) is 0 Å². The summed E-state index contributed by atoms with van der Waals surface area (Å²) in [6, 6.07) is 21.5. The predicted molar refractivity (Wildman–Crippen MR) is 196 cm³/mol. The molecule has 1 saturated carbocycles. The summed E-state index contributed by atoms with van der Waals surface area (Å²) in [6.07, 6.45) is 3.87. The van der Waals surface area contributed by atoms with Crippen LogP contribution in [0.5, 0.6) is 11.9 Å². The molecule has 4 aromatic rings. The summed E-state index contributed by atoms with van der Waals surface area (Å²) in [7, 11) is 0. The summed E-state index contributed by atoms with van der Waals surface area (Å²) in [5, 5.41) is 0. The Balaban J connectivity index is 1.45. The maximum Gasteiger partial charge on any atom is 0.320 e. The SMILES string of the molecule is CC(=O)C1CCC(N=C(C)C(=CN)C(=O)N(CC(=O)c2c(C)nc(OCc3ccccc3)nc2OCc2ccccc2)Cc2cc(F)cc(F)c2)CC1. The van der Waals surface area contributed by atoms with E-state index in [0.717, 1.165) is 40.4 Å². The van der Waals surface area contributed by atoms with Crippen LogP contribution >= 0.6 is 0 Å². The van der Waals surface area contributed by atoms with Crippen molar-refractivity contribution in [3.8, 4) is 11.9 Å². The lowest BCUT2D eigenvalue weighted by Gasteiger charge is -2.26. The molecule has 0 radical (unpaired) electrons. The van der Waals surface area contributed by atoms with Crippen LogP contribution in [0.4, 0.5) is 8.78 Å². The van der Waals surface area contributed by atoms with Crippen molar-refractivity contribution in [1.82, 2.24) is 14.9 Å². The number of halogens is 2. The average Bonchev–Trinajstić information content (AvgIpc) is 3.13. The van der Waals surface area contributed by atoms with Crippen molar-refractivity contribution in [2.45, 2.75) is 72.3 Å². The van der Waals surface area contributed by atoms with E-state index in [-0.39, 0.29) is 71.8 Å². The zero-order valence-corrected chi connectivity index (χ0v) is 30.1. The van der Waals surface area contributed by atoms with Crippen LogP contribution in [-0.4, -0.2) is 50.6 Å². The van der Waals surface area contributed by atoms with Gasteiger partial charge in [-0.25, -0.2) is 8.78 Å². The Kier molecular flexibility index (Phi) is 13.1. The predicted octanol–water partition coefficient (Wildman–Crippen LogP) is 6.88. The first-order chi connectivity index (χ1) is 25.5. The Morgan fingerprint density at radius 3 is 2.00 bits per heavy atom. The topological polar surface area (TPSA) is 137 Å². The first-order valence-corrected chi connectivity index (χ1v) is 17.5. The fraction of sp³-hybridized carbons (Fsp3) is 0.317. The number of hydrogen-bond donors (Lipinski definition) is 1. The lowest BCUT2D eigenvalue weighted by atomic mass is 9.84. The third-order valence-corrected chi connectivity index (χ3v) is 9.10. The van der Waals surface area contributed by atoms with Gasteiger partial charge in [-0.15, -0.1) is 0 Å². The fourth-order valence-corrected chi connectivity index (χ4v) is 6.31. The van der Waals surface area contributed by atoms with Crippen molar-refractivity contribution < 1.29 is 32.6 Å². The standard InChI is InChI=1S/C41H43F2N5O5/c1-26(45-35-16-14-32(15-17-35)28(3)49)36(21-44)40(51)48(22-31-18-33(42)20-34(43)19-31)23-37(50)38-27(2)46-41(53-25-30-12-8-5-9-13-30)47-39(38)52-24-29-10-6-4-7-11-29/h4-13,18-21,32,35H,14-17,22-25,44H2,1-3H3. The molecule has 12 heteroatoms. The number of aryl methyl sites for hydroxylation is 1. The zero-order valence-electron chi connectivity index (χ0n) is 30.1. The number of nitrogens with two attached hydrogens (primary N) is 1. The molecular weight excluding hydrogens is 680 g/mol. The third kappa shape index (κ3) is 10.6. The molecule has 1 fully saturated rings. The lowest BCUT2D eigenvalue weighted by molar-refractivity contribution is -0.126. The van der Waals surface area contributed by atoms with Gasteiger partial charge in [0.25, 0.3) is 5.91 Å². The molecular formula is C41H43F2N5O5. The molecule has 1 aromatic heterocycles. The summed E-state index contributed by atoms with van der Waals surface area (Å²) < 4.78 is 40.6. The van der Waals surface area contributed by atoms with Gasteiger partial charge in [-0.3, -0.25) is 19.4 Å². The molecule has 1 heterocycles. The molecule has 2 N–H and O–H groups in total.